The van der Waals surface area contributed by atoms with Crippen molar-refractivity contribution in [2.45, 2.75) is 38.7 Å². The maximum atomic E-state index is 11.6. The molecule has 1 aromatic rings. The van der Waals surface area contributed by atoms with Crippen LogP contribution in [0.25, 0.3) is 0 Å². The third-order valence-electron chi connectivity index (χ3n) is 2.93. The Morgan fingerprint density at radius 3 is 2.53 bits per heavy atom. The second-order valence-electron chi connectivity index (χ2n) is 5.51. The highest BCUT2D eigenvalue weighted by molar-refractivity contribution is 5.95. The van der Waals surface area contributed by atoms with E-state index in [0.29, 0.717) is 6.54 Å². The molecular weight excluding hydrogens is 216 g/mol. The Morgan fingerprint density at radius 1 is 1.41 bits per heavy atom. The summed E-state index contributed by atoms with van der Waals surface area (Å²) in [7, 11) is 0. The van der Waals surface area contributed by atoms with Gasteiger partial charge in [-0.15, -0.1) is 0 Å². The average Bonchev–Trinajstić information content (AvgIpc) is 2.57. The van der Waals surface area contributed by atoms with Crippen LogP contribution in [0, 0.1) is 0 Å². The van der Waals surface area contributed by atoms with Crippen LogP contribution in [0.2, 0.25) is 0 Å². The van der Waals surface area contributed by atoms with Crippen molar-refractivity contribution < 1.29 is 9.90 Å². The van der Waals surface area contributed by atoms with Crippen LogP contribution in [-0.4, -0.2) is 28.6 Å². The molecule has 1 amide bonds. The Hall–Kier alpha value is -1.42. The number of aliphatic hydroxyl groups excluding tert-OH is 1. The molecule has 1 aliphatic heterocycles. The number of aliphatic hydroxyl groups is 1. The van der Waals surface area contributed by atoms with Gasteiger partial charge in [0, 0.05) is 11.1 Å². The number of amides is 1. The SMILES string of the molecule is CC(C)(C)c1ccc(N2C[C@H](O)CC2=O)cn1. The molecular formula is C13H18N2O2. The second-order valence-corrected chi connectivity index (χ2v) is 5.51. The first-order chi connectivity index (χ1) is 7.88. The molecule has 4 nitrogen and oxygen atoms in total. The Kier molecular flexibility index (Phi) is 2.91. The van der Waals surface area contributed by atoms with E-state index in [0.717, 1.165) is 11.4 Å². The summed E-state index contributed by atoms with van der Waals surface area (Å²) in [6, 6.07) is 3.83. The molecule has 0 aromatic carbocycles. The summed E-state index contributed by atoms with van der Waals surface area (Å²) in [5.41, 5.74) is 1.76. The van der Waals surface area contributed by atoms with E-state index in [1.165, 1.54) is 0 Å². The fourth-order valence-corrected chi connectivity index (χ4v) is 1.93. The molecule has 2 rings (SSSR count). The van der Waals surface area contributed by atoms with Crippen LogP contribution >= 0.6 is 0 Å². The molecule has 0 unspecified atom stereocenters. The lowest BCUT2D eigenvalue weighted by atomic mass is 9.92. The normalized spacial score (nSPS) is 21.1. The molecule has 1 fully saturated rings. The number of hydrogen-bond acceptors (Lipinski definition) is 3. The Morgan fingerprint density at radius 2 is 2.12 bits per heavy atom. The zero-order valence-corrected chi connectivity index (χ0v) is 10.5. The van der Waals surface area contributed by atoms with Crippen molar-refractivity contribution in [1.29, 1.82) is 0 Å². The summed E-state index contributed by atoms with van der Waals surface area (Å²) in [6.07, 6.45) is 1.36. The van der Waals surface area contributed by atoms with Gasteiger partial charge in [-0.2, -0.15) is 0 Å². The van der Waals surface area contributed by atoms with Gasteiger partial charge in [0.05, 0.1) is 31.0 Å². The van der Waals surface area contributed by atoms with Gasteiger partial charge >= 0.3 is 0 Å². The van der Waals surface area contributed by atoms with E-state index in [1.807, 2.05) is 12.1 Å². The molecule has 1 saturated heterocycles. The maximum absolute atomic E-state index is 11.6. The largest absolute Gasteiger partial charge is 0.391 e. The van der Waals surface area contributed by atoms with E-state index >= 15 is 0 Å². The minimum atomic E-state index is -0.551. The lowest BCUT2D eigenvalue weighted by molar-refractivity contribution is -0.117. The van der Waals surface area contributed by atoms with Crippen molar-refractivity contribution in [3.8, 4) is 0 Å². The van der Waals surface area contributed by atoms with Gasteiger partial charge in [0.25, 0.3) is 0 Å². The summed E-state index contributed by atoms with van der Waals surface area (Å²) >= 11 is 0. The van der Waals surface area contributed by atoms with Crippen molar-refractivity contribution in [2.24, 2.45) is 0 Å². The van der Waals surface area contributed by atoms with Crippen LogP contribution in [0.3, 0.4) is 0 Å². The summed E-state index contributed by atoms with van der Waals surface area (Å²) in [5, 5.41) is 9.43. The van der Waals surface area contributed by atoms with Crippen LogP contribution in [0.4, 0.5) is 5.69 Å². The predicted molar refractivity (Wildman–Crippen MR) is 65.9 cm³/mol. The van der Waals surface area contributed by atoms with Gasteiger partial charge in [-0.05, 0) is 12.1 Å². The lowest BCUT2D eigenvalue weighted by Gasteiger charge is -2.20. The molecule has 1 aromatic heterocycles. The van der Waals surface area contributed by atoms with Gasteiger partial charge in [0.15, 0.2) is 0 Å². The molecule has 2 heterocycles. The minimum absolute atomic E-state index is 0.00701. The number of carbonyl (C=O) groups excluding carboxylic acids is 1. The van der Waals surface area contributed by atoms with E-state index in [9.17, 15) is 9.90 Å². The molecule has 92 valence electrons. The number of rotatable bonds is 1. The first-order valence-electron chi connectivity index (χ1n) is 5.83. The molecule has 1 N–H and O–H groups in total. The number of β-amino-alcohol motifs (C(OH)–C–C–N with tert-alkyl or cyclic N) is 1. The molecule has 4 heteroatoms. The van der Waals surface area contributed by atoms with Crippen LogP contribution in [0.5, 0.6) is 0 Å². The standard InChI is InChI=1S/C13H18N2O2/c1-13(2,3)11-5-4-9(7-14-11)15-8-10(16)6-12(15)17/h4-5,7,10,16H,6,8H2,1-3H3/t10-/m1/s1. The third-order valence-corrected chi connectivity index (χ3v) is 2.93. The summed E-state index contributed by atoms with van der Waals surface area (Å²) in [6.45, 7) is 6.66. The Bertz CT molecular complexity index is 420. The van der Waals surface area contributed by atoms with Crippen molar-refractivity contribution in [3.63, 3.8) is 0 Å². The average molecular weight is 234 g/mol. The Balaban J connectivity index is 2.22. The number of pyridine rings is 1. The molecule has 0 aliphatic carbocycles. The zero-order valence-electron chi connectivity index (χ0n) is 10.5. The van der Waals surface area contributed by atoms with Crippen LogP contribution < -0.4 is 4.90 Å². The molecule has 0 spiro atoms. The fourth-order valence-electron chi connectivity index (χ4n) is 1.93. The van der Waals surface area contributed by atoms with Gasteiger partial charge < -0.3 is 10.0 Å². The summed E-state index contributed by atoms with van der Waals surface area (Å²) in [4.78, 5) is 17.6. The van der Waals surface area contributed by atoms with Crippen LogP contribution in [0.1, 0.15) is 32.9 Å². The highest BCUT2D eigenvalue weighted by Crippen LogP contribution is 2.24. The van der Waals surface area contributed by atoms with Crippen molar-refractivity contribution in [2.75, 3.05) is 11.4 Å². The van der Waals surface area contributed by atoms with E-state index in [2.05, 4.69) is 25.8 Å². The quantitative estimate of drug-likeness (QED) is 0.800. The molecule has 0 bridgehead atoms. The zero-order chi connectivity index (χ0) is 12.6. The predicted octanol–water partition coefficient (Wildman–Crippen LogP) is 1.48. The number of hydrogen-bond donors (Lipinski definition) is 1. The number of anilines is 1. The van der Waals surface area contributed by atoms with Gasteiger partial charge in [0.1, 0.15) is 0 Å². The molecule has 0 saturated carbocycles. The van der Waals surface area contributed by atoms with Crippen molar-refractivity contribution in [1.82, 2.24) is 4.98 Å². The molecule has 17 heavy (non-hydrogen) atoms. The van der Waals surface area contributed by atoms with Crippen molar-refractivity contribution >= 4 is 11.6 Å². The highest BCUT2D eigenvalue weighted by Gasteiger charge is 2.29. The molecule has 1 atom stereocenters. The van der Waals surface area contributed by atoms with Gasteiger partial charge in [-0.25, -0.2) is 0 Å². The van der Waals surface area contributed by atoms with E-state index < -0.39 is 6.10 Å². The van der Waals surface area contributed by atoms with Gasteiger partial charge in [0.2, 0.25) is 5.91 Å². The monoisotopic (exact) mass is 234 g/mol. The first-order valence-corrected chi connectivity index (χ1v) is 5.83. The van der Waals surface area contributed by atoms with E-state index in [-0.39, 0.29) is 17.7 Å². The van der Waals surface area contributed by atoms with Gasteiger partial charge in [-0.1, -0.05) is 20.8 Å². The fraction of sp³-hybridized carbons (Fsp3) is 0.538. The smallest absolute Gasteiger partial charge is 0.229 e. The third kappa shape index (κ3) is 2.47. The minimum Gasteiger partial charge on any atom is -0.391 e. The summed E-state index contributed by atoms with van der Waals surface area (Å²) < 4.78 is 0. The van der Waals surface area contributed by atoms with E-state index in [4.69, 9.17) is 0 Å². The molecule has 0 radical (unpaired) electrons. The van der Waals surface area contributed by atoms with Crippen LogP contribution in [0.15, 0.2) is 18.3 Å². The number of nitrogens with zero attached hydrogens (tertiary/aromatic N) is 2. The summed E-state index contributed by atoms with van der Waals surface area (Å²) in [5.74, 6) is -0.0391. The van der Waals surface area contributed by atoms with Crippen molar-refractivity contribution in [3.05, 3.63) is 24.0 Å². The van der Waals surface area contributed by atoms with Gasteiger partial charge in [-0.3, -0.25) is 9.78 Å². The first kappa shape index (κ1) is 12.0. The second kappa shape index (κ2) is 4.11. The topological polar surface area (TPSA) is 53.4 Å². The van der Waals surface area contributed by atoms with Crippen LogP contribution in [-0.2, 0) is 10.2 Å². The molecule has 1 aliphatic rings. The highest BCUT2D eigenvalue weighted by atomic mass is 16.3. The maximum Gasteiger partial charge on any atom is 0.229 e. The Labute approximate surface area is 101 Å². The van der Waals surface area contributed by atoms with E-state index in [1.54, 1.807) is 11.1 Å². The number of aromatic nitrogens is 1. The number of carbonyl (C=O) groups is 1. The lowest BCUT2D eigenvalue weighted by Crippen LogP contribution is -2.25.